The molecule has 37 heavy (non-hydrogen) atoms. The summed E-state index contributed by atoms with van der Waals surface area (Å²) in [6, 6.07) is 34.5. The third-order valence-electron chi connectivity index (χ3n) is 5.73. The van der Waals surface area contributed by atoms with E-state index in [1.807, 2.05) is 72.8 Å². The van der Waals surface area contributed by atoms with Crippen molar-refractivity contribution in [3.63, 3.8) is 0 Å². The summed E-state index contributed by atoms with van der Waals surface area (Å²) in [4.78, 5) is 24.9. The van der Waals surface area contributed by atoms with Gasteiger partial charge in [0.25, 0.3) is 5.91 Å². The molecule has 3 N–H and O–H groups in total. The van der Waals surface area contributed by atoms with E-state index in [-0.39, 0.29) is 18.4 Å². The molecule has 4 rings (SSSR count). The van der Waals surface area contributed by atoms with Gasteiger partial charge in [0.15, 0.2) is 0 Å². The second-order valence-electron chi connectivity index (χ2n) is 8.61. The predicted molar refractivity (Wildman–Crippen MR) is 148 cm³/mol. The molecule has 0 bridgehead atoms. The van der Waals surface area contributed by atoms with Crippen molar-refractivity contribution in [2.24, 2.45) is 0 Å². The van der Waals surface area contributed by atoms with Crippen LogP contribution in [0, 0.1) is 0 Å². The van der Waals surface area contributed by atoms with Crippen molar-refractivity contribution in [3.05, 3.63) is 126 Å². The molecule has 0 heterocycles. The smallest absolute Gasteiger partial charge is 0.251 e. The molecule has 0 radical (unpaired) electrons. The highest BCUT2D eigenvalue weighted by Crippen LogP contribution is 2.16. The quantitative estimate of drug-likeness (QED) is 0.222. The lowest BCUT2D eigenvalue weighted by Gasteiger charge is -2.11. The van der Waals surface area contributed by atoms with Gasteiger partial charge < -0.3 is 20.7 Å². The van der Waals surface area contributed by atoms with Gasteiger partial charge >= 0.3 is 0 Å². The van der Waals surface area contributed by atoms with Crippen molar-refractivity contribution in [2.75, 3.05) is 23.8 Å². The Bertz CT molecular complexity index is 1280. The van der Waals surface area contributed by atoms with Crippen molar-refractivity contribution >= 4 is 23.2 Å². The van der Waals surface area contributed by atoms with Gasteiger partial charge in [-0.1, -0.05) is 66.7 Å². The number of rotatable bonds is 12. The molecule has 0 aliphatic rings. The van der Waals surface area contributed by atoms with Crippen LogP contribution in [-0.4, -0.2) is 25.0 Å². The SMILES string of the molecule is O=C(CNc1ccc(OCCCc2ccccc2)cc1)Nc1cccc(C(=O)NCc2ccccc2)c1. The zero-order chi connectivity index (χ0) is 25.7. The largest absolute Gasteiger partial charge is 0.494 e. The molecule has 0 spiro atoms. The molecule has 0 saturated carbocycles. The van der Waals surface area contributed by atoms with Crippen LogP contribution >= 0.6 is 0 Å². The van der Waals surface area contributed by atoms with Crippen LogP contribution in [0.25, 0.3) is 0 Å². The Labute approximate surface area is 217 Å². The molecule has 0 aliphatic carbocycles. The standard InChI is InChI=1S/C31H31N3O3/c35-30(34-28-15-7-14-26(21-28)31(36)33-22-25-11-5-2-6-12-25)23-32-27-16-18-29(19-17-27)37-20-8-13-24-9-3-1-4-10-24/h1-7,9-12,14-19,21,32H,8,13,20,22-23H2,(H,33,36)(H,34,35). The summed E-state index contributed by atoms with van der Waals surface area (Å²) in [5.74, 6) is 0.397. The van der Waals surface area contributed by atoms with Crippen molar-refractivity contribution in [2.45, 2.75) is 19.4 Å². The maximum atomic E-state index is 12.5. The fourth-order valence-corrected chi connectivity index (χ4v) is 3.79. The van der Waals surface area contributed by atoms with Crippen LogP contribution < -0.4 is 20.7 Å². The third kappa shape index (κ3) is 8.54. The summed E-state index contributed by atoms with van der Waals surface area (Å²) >= 11 is 0. The highest BCUT2D eigenvalue weighted by Gasteiger charge is 2.08. The Balaban J connectivity index is 1.18. The van der Waals surface area contributed by atoms with Crippen molar-refractivity contribution < 1.29 is 14.3 Å². The lowest BCUT2D eigenvalue weighted by Crippen LogP contribution is -2.24. The first-order chi connectivity index (χ1) is 18.2. The normalized spacial score (nSPS) is 10.4. The number of hydrogen-bond acceptors (Lipinski definition) is 4. The number of ether oxygens (including phenoxy) is 1. The summed E-state index contributed by atoms with van der Waals surface area (Å²) in [5.41, 5.74) is 4.20. The van der Waals surface area contributed by atoms with Gasteiger partial charge in [0.05, 0.1) is 13.2 Å². The summed E-state index contributed by atoms with van der Waals surface area (Å²) in [6.45, 7) is 1.19. The van der Waals surface area contributed by atoms with Gasteiger partial charge in [-0.15, -0.1) is 0 Å². The lowest BCUT2D eigenvalue weighted by molar-refractivity contribution is -0.114. The molecule has 6 nitrogen and oxygen atoms in total. The van der Waals surface area contributed by atoms with Gasteiger partial charge in [-0.25, -0.2) is 0 Å². The summed E-state index contributed by atoms with van der Waals surface area (Å²) in [7, 11) is 0. The first-order valence-corrected chi connectivity index (χ1v) is 12.4. The Hall–Kier alpha value is -4.58. The fourth-order valence-electron chi connectivity index (χ4n) is 3.79. The van der Waals surface area contributed by atoms with E-state index in [9.17, 15) is 9.59 Å². The molecule has 0 fully saturated rings. The third-order valence-corrected chi connectivity index (χ3v) is 5.73. The van der Waals surface area contributed by atoms with Gasteiger partial charge in [-0.05, 0) is 66.4 Å². The topological polar surface area (TPSA) is 79.5 Å². The van der Waals surface area contributed by atoms with Crippen LogP contribution in [0.15, 0.2) is 109 Å². The minimum absolute atomic E-state index is 0.0989. The molecule has 6 heteroatoms. The molecular weight excluding hydrogens is 462 g/mol. The molecule has 0 aromatic heterocycles. The number of aryl methyl sites for hydroxylation is 1. The number of nitrogens with one attached hydrogen (secondary N) is 3. The zero-order valence-corrected chi connectivity index (χ0v) is 20.7. The Morgan fingerprint density at radius 1 is 0.703 bits per heavy atom. The zero-order valence-electron chi connectivity index (χ0n) is 20.7. The van der Waals surface area contributed by atoms with E-state index in [2.05, 4.69) is 28.1 Å². The Morgan fingerprint density at radius 2 is 1.41 bits per heavy atom. The van der Waals surface area contributed by atoms with E-state index < -0.39 is 0 Å². The van der Waals surface area contributed by atoms with E-state index in [0.29, 0.717) is 24.4 Å². The molecular formula is C31H31N3O3. The molecule has 0 unspecified atom stereocenters. The molecule has 0 aliphatic heterocycles. The molecule has 0 saturated heterocycles. The molecule has 4 aromatic rings. The van der Waals surface area contributed by atoms with Crippen LogP contribution in [0.5, 0.6) is 5.75 Å². The molecule has 0 atom stereocenters. The Kier molecular flexibility index (Phi) is 9.30. The Morgan fingerprint density at radius 3 is 2.14 bits per heavy atom. The van der Waals surface area contributed by atoms with Gasteiger partial charge in [0.1, 0.15) is 5.75 Å². The monoisotopic (exact) mass is 493 g/mol. The first kappa shape index (κ1) is 25.5. The maximum absolute atomic E-state index is 12.5. The van der Waals surface area contributed by atoms with Crippen LogP contribution in [-0.2, 0) is 17.8 Å². The van der Waals surface area contributed by atoms with Crippen molar-refractivity contribution in [1.29, 1.82) is 0 Å². The number of anilines is 2. The highest BCUT2D eigenvalue weighted by molar-refractivity contribution is 5.98. The van der Waals surface area contributed by atoms with E-state index in [1.165, 1.54) is 5.56 Å². The van der Waals surface area contributed by atoms with Gasteiger partial charge in [0.2, 0.25) is 5.91 Å². The van der Waals surface area contributed by atoms with Crippen LogP contribution in [0.4, 0.5) is 11.4 Å². The minimum Gasteiger partial charge on any atom is -0.494 e. The van der Waals surface area contributed by atoms with Crippen molar-refractivity contribution in [3.8, 4) is 5.75 Å². The number of amides is 2. The van der Waals surface area contributed by atoms with E-state index in [0.717, 1.165) is 29.8 Å². The van der Waals surface area contributed by atoms with Crippen molar-refractivity contribution in [1.82, 2.24) is 5.32 Å². The summed E-state index contributed by atoms with van der Waals surface area (Å²) in [6.07, 6.45) is 1.93. The van der Waals surface area contributed by atoms with Crippen LogP contribution in [0.3, 0.4) is 0 Å². The first-order valence-electron chi connectivity index (χ1n) is 12.4. The van der Waals surface area contributed by atoms with E-state index in [1.54, 1.807) is 24.3 Å². The second kappa shape index (κ2) is 13.5. The lowest BCUT2D eigenvalue weighted by atomic mass is 10.1. The maximum Gasteiger partial charge on any atom is 0.251 e. The molecule has 4 aromatic carbocycles. The van der Waals surface area contributed by atoms with Crippen LogP contribution in [0.1, 0.15) is 27.9 Å². The predicted octanol–water partition coefficient (Wildman–Crippen LogP) is 5.68. The highest BCUT2D eigenvalue weighted by atomic mass is 16.5. The number of carbonyl (C=O) groups excluding carboxylic acids is 2. The summed E-state index contributed by atoms with van der Waals surface area (Å²) in [5, 5.41) is 8.84. The average Bonchev–Trinajstić information content (AvgIpc) is 2.95. The van der Waals surface area contributed by atoms with Gasteiger partial charge in [-0.2, -0.15) is 0 Å². The second-order valence-corrected chi connectivity index (χ2v) is 8.61. The number of hydrogen-bond donors (Lipinski definition) is 3. The fraction of sp³-hybridized carbons (Fsp3) is 0.161. The van der Waals surface area contributed by atoms with E-state index in [4.69, 9.17) is 4.74 Å². The minimum atomic E-state index is -0.205. The van der Waals surface area contributed by atoms with Gasteiger partial charge in [0, 0.05) is 23.5 Å². The number of carbonyl (C=O) groups is 2. The number of benzene rings is 4. The van der Waals surface area contributed by atoms with Gasteiger partial charge in [-0.3, -0.25) is 9.59 Å². The molecule has 2 amide bonds. The average molecular weight is 494 g/mol. The summed E-state index contributed by atoms with van der Waals surface area (Å²) < 4.78 is 5.82. The molecule has 188 valence electrons. The van der Waals surface area contributed by atoms with Crippen LogP contribution in [0.2, 0.25) is 0 Å². The van der Waals surface area contributed by atoms with E-state index >= 15 is 0 Å².